The molecule has 70 valence electrons. The fourth-order valence-corrected chi connectivity index (χ4v) is 1.85. The Balaban J connectivity index is 3.22. The van der Waals surface area contributed by atoms with Crippen molar-refractivity contribution in [2.24, 2.45) is 0 Å². The Bertz CT molecular complexity index is 323. The normalized spacial score (nSPS) is 9.77. The van der Waals surface area contributed by atoms with Crippen LogP contribution in [0.1, 0.15) is 5.56 Å². The topological polar surface area (TPSA) is 9.23 Å². The van der Waals surface area contributed by atoms with E-state index in [0.717, 1.165) is 21.4 Å². The van der Waals surface area contributed by atoms with Gasteiger partial charge in [0.1, 0.15) is 5.75 Å². The molecule has 1 nitrogen and oxygen atoms in total. The molecule has 0 fully saturated rings. The number of halogens is 2. The van der Waals surface area contributed by atoms with Crippen LogP contribution in [0, 0.1) is 0 Å². The first-order valence-electron chi connectivity index (χ1n) is 3.77. The minimum atomic E-state index is 0.402. The van der Waals surface area contributed by atoms with E-state index in [0.29, 0.717) is 5.88 Å². The van der Waals surface area contributed by atoms with E-state index < -0.39 is 0 Å². The van der Waals surface area contributed by atoms with Crippen molar-refractivity contribution in [1.29, 1.82) is 0 Å². The molecule has 0 aliphatic carbocycles. The van der Waals surface area contributed by atoms with Crippen molar-refractivity contribution in [2.45, 2.75) is 0 Å². The van der Waals surface area contributed by atoms with Gasteiger partial charge in [-0.2, -0.15) is 0 Å². The molecule has 0 saturated heterocycles. The van der Waals surface area contributed by atoms with E-state index in [1.807, 2.05) is 18.2 Å². The van der Waals surface area contributed by atoms with E-state index in [-0.39, 0.29) is 0 Å². The van der Waals surface area contributed by atoms with E-state index in [2.05, 4.69) is 22.5 Å². The lowest BCUT2D eigenvalue weighted by Crippen LogP contribution is -1.92. The highest BCUT2D eigenvalue weighted by Gasteiger charge is 2.09. The summed E-state index contributed by atoms with van der Waals surface area (Å²) < 4.78 is 6.16. The second-order valence-electron chi connectivity index (χ2n) is 2.55. The van der Waals surface area contributed by atoms with Crippen LogP contribution in [-0.4, -0.2) is 13.0 Å². The van der Waals surface area contributed by atoms with Crippen LogP contribution < -0.4 is 4.74 Å². The average Bonchev–Trinajstić information content (AvgIpc) is 2.16. The minimum Gasteiger partial charge on any atom is -0.496 e. The summed E-state index contributed by atoms with van der Waals surface area (Å²) >= 11 is 9.14. The summed E-state index contributed by atoms with van der Waals surface area (Å²) in [5, 5.41) is 0. The predicted octanol–water partition coefficient (Wildman–Crippen LogP) is 3.71. The van der Waals surface area contributed by atoms with E-state index in [4.69, 9.17) is 16.3 Å². The molecule has 3 heteroatoms. The van der Waals surface area contributed by atoms with Gasteiger partial charge >= 0.3 is 0 Å². The van der Waals surface area contributed by atoms with Crippen molar-refractivity contribution in [2.75, 3.05) is 13.0 Å². The zero-order valence-electron chi connectivity index (χ0n) is 7.31. The highest BCUT2D eigenvalue weighted by molar-refractivity contribution is 9.10. The number of methoxy groups -OCH3 is 1. The molecular weight excluding hydrogens is 251 g/mol. The minimum absolute atomic E-state index is 0.402. The molecule has 0 bridgehead atoms. The summed E-state index contributed by atoms with van der Waals surface area (Å²) in [4.78, 5) is 0. The number of alkyl halides is 1. The second-order valence-corrected chi connectivity index (χ2v) is 3.68. The smallest absolute Gasteiger partial charge is 0.127 e. The van der Waals surface area contributed by atoms with E-state index in [1.165, 1.54) is 0 Å². The molecule has 0 atom stereocenters. The third-order valence-corrected chi connectivity index (χ3v) is 2.69. The fourth-order valence-electron chi connectivity index (χ4n) is 1.08. The quantitative estimate of drug-likeness (QED) is 0.754. The largest absolute Gasteiger partial charge is 0.496 e. The number of hydrogen-bond donors (Lipinski definition) is 0. The van der Waals surface area contributed by atoms with E-state index in [1.54, 1.807) is 7.11 Å². The van der Waals surface area contributed by atoms with Crippen molar-refractivity contribution >= 4 is 33.1 Å². The SMILES string of the molecule is C=C(CCl)c1c(Br)cccc1OC. The van der Waals surface area contributed by atoms with Gasteiger partial charge in [-0.15, -0.1) is 11.6 Å². The van der Waals surface area contributed by atoms with Gasteiger partial charge in [0.25, 0.3) is 0 Å². The molecule has 0 aromatic heterocycles. The summed E-state index contributed by atoms with van der Waals surface area (Å²) in [6.45, 7) is 3.87. The molecule has 0 unspecified atom stereocenters. The van der Waals surface area contributed by atoms with Crippen LogP contribution in [0.15, 0.2) is 29.3 Å². The van der Waals surface area contributed by atoms with Crippen molar-refractivity contribution in [3.8, 4) is 5.75 Å². The van der Waals surface area contributed by atoms with E-state index >= 15 is 0 Å². The highest BCUT2D eigenvalue weighted by atomic mass is 79.9. The molecule has 0 aliphatic rings. The van der Waals surface area contributed by atoms with Crippen molar-refractivity contribution < 1.29 is 4.74 Å². The highest BCUT2D eigenvalue weighted by Crippen LogP contribution is 2.32. The summed E-state index contributed by atoms with van der Waals surface area (Å²) in [6, 6.07) is 5.74. The van der Waals surface area contributed by atoms with Crippen LogP contribution in [0.25, 0.3) is 5.57 Å². The zero-order valence-corrected chi connectivity index (χ0v) is 9.65. The van der Waals surface area contributed by atoms with Crippen LogP contribution in [-0.2, 0) is 0 Å². The third kappa shape index (κ3) is 2.26. The molecule has 0 saturated carbocycles. The van der Waals surface area contributed by atoms with Crippen LogP contribution in [0.3, 0.4) is 0 Å². The van der Waals surface area contributed by atoms with Gasteiger partial charge in [0.2, 0.25) is 0 Å². The predicted molar refractivity (Wildman–Crippen MR) is 60.4 cm³/mol. The van der Waals surface area contributed by atoms with Crippen molar-refractivity contribution in [3.63, 3.8) is 0 Å². The first-order valence-corrected chi connectivity index (χ1v) is 5.10. The monoisotopic (exact) mass is 260 g/mol. The third-order valence-electron chi connectivity index (χ3n) is 1.71. The number of ether oxygens (including phenoxy) is 1. The van der Waals surface area contributed by atoms with Crippen molar-refractivity contribution in [1.82, 2.24) is 0 Å². The molecule has 13 heavy (non-hydrogen) atoms. The first-order chi connectivity index (χ1) is 6.20. The Kier molecular flexibility index (Phi) is 3.82. The molecule has 0 radical (unpaired) electrons. The molecule has 1 aromatic carbocycles. The molecule has 1 aromatic rings. The second kappa shape index (κ2) is 4.68. The molecule has 0 N–H and O–H groups in total. The Morgan fingerprint density at radius 2 is 2.31 bits per heavy atom. The molecule has 0 spiro atoms. The van der Waals surface area contributed by atoms with Gasteiger partial charge in [-0.3, -0.25) is 0 Å². The van der Waals surface area contributed by atoms with Gasteiger partial charge in [-0.25, -0.2) is 0 Å². The van der Waals surface area contributed by atoms with Crippen LogP contribution in [0.5, 0.6) is 5.75 Å². The van der Waals surface area contributed by atoms with Gasteiger partial charge in [0, 0.05) is 15.9 Å². The summed E-state index contributed by atoms with van der Waals surface area (Å²) in [5.74, 6) is 1.19. The molecule has 1 rings (SSSR count). The first kappa shape index (κ1) is 10.6. The average molecular weight is 262 g/mol. The maximum atomic E-state index is 5.71. The van der Waals surface area contributed by atoms with E-state index in [9.17, 15) is 0 Å². The lowest BCUT2D eigenvalue weighted by Gasteiger charge is -2.10. The fraction of sp³-hybridized carbons (Fsp3) is 0.200. The van der Waals surface area contributed by atoms with Gasteiger partial charge in [0.05, 0.1) is 7.11 Å². The number of rotatable bonds is 3. The maximum Gasteiger partial charge on any atom is 0.127 e. The number of allylic oxidation sites excluding steroid dienone is 1. The van der Waals surface area contributed by atoms with Gasteiger partial charge in [0.15, 0.2) is 0 Å². The summed E-state index contributed by atoms with van der Waals surface area (Å²) in [6.07, 6.45) is 0. The number of benzene rings is 1. The van der Waals surface area contributed by atoms with Crippen LogP contribution in [0.2, 0.25) is 0 Å². The molecule has 0 heterocycles. The standard InChI is InChI=1S/C10H10BrClO/c1-7(6-12)10-8(11)4-3-5-9(10)13-2/h3-5H,1,6H2,2H3. The van der Waals surface area contributed by atoms with Crippen molar-refractivity contribution in [3.05, 3.63) is 34.8 Å². The van der Waals surface area contributed by atoms with Gasteiger partial charge in [-0.1, -0.05) is 28.6 Å². The van der Waals surface area contributed by atoms with Crippen LogP contribution >= 0.6 is 27.5 Å². The summed E-state index contributed by atoms with van der Waals surface area (Å²) in [7, 11) is 1.63. The Morgan fingerprint density at radius 1 is 1.62 bits per heavy atom. The Morgan fingerprint density at radius 3 is 2.85 bits per heavy atom. The lowest BCUT2D eigenvalue weighted by atomic mass is 10.1. The Labute approximate surface area is 91.5 Å². The van der Waals surface area contributed by atoms with Gasteiger partial charge in [-0.05, 0) is 17.7 Å². The molecule has 0 amide bonds. The van der Waals surface area contributed by atoms with Gasteiger partial charge < -0.3 is 4.74 Å². The molecule has 0 aliphatic heterocycles. The molecular formula is C10H10BrClO. The maximum absolute atomic E-state index is 5.71. The van der Waals surface area contributed by atoms with Crippen LogP contribution in [0.4, 0.5) is 0 Å². The zero-order chi connectivity index (χ0) is 9.84. The summed E-state index contributed by atoms with van der Waals surface area (Å²) in [5.41, 5.74) is 1.80. The number of hydrogen-bond acceptors (Lipinski definition) is 1. The Hall–Kier alpha value is -0.470. The lowest BCUT2D eigenvalue weighted by molar-refractivity contribution is 0.413.